The van der Waals surface area contributed by atoms with Crippen LogP contribution in [0.1, 0.15) is 36.0 Å². The number of Topliss-reactive ketones (excluding diaryl/α,β-unsaturated/α-hetero) is 1. The van der Waals surface area contributed by atoms with Crippen molar-refractivity contribution in [3.63, 3.8) is 0 Å². The molecule has 0 bridgehead atoms. The fourth-order valence-electron chi connectivity index (χ4n) is 2.10. The van der Waals surface area contributed by atoms with Crippen LogP contribution in [0.3, 0.4) is 0 Å². The molecule has 7 heteroatoms. The number of carbonyl (C=O) groups excluding carboxylic acids is 2. The highest BCUT2D eigenvalue weighted by molar-refractivity contribution is 5.95. The monoisotopic (exact) mass is 287 g/mol. The van der Waals surface area contributed by atoms with Gasteiger partial charge in [0.1, 0.15) is 5.78 Å². The molecule has 2 rings (SSSR count). The van der Waals surface area contributed by atoms with Gasteiger partial charge in [-0.3, -0.25) is 9.59 Å². The van der Waals surface area contributed by atoms with Gasteiger partial charge in [0.2, 0.25) is 5.82 Å². The van der Waals surface area contributed by atoms with E-state index in [-0.39, 0.29) is 11.8 Å². The number of halogens is 3. The fourth-order valence-corrected chi connectivity index (χ4v) is 2.10. The third-order valence-corrected chi connectivity index (χ3v) is 3.26. The van der Waals surface area contributed by atoms with E-state index in [1.54, 1.807) is 0 Å². The Hall–Kier alpha value is -2.05. The number of carbonyl (C=O) groups is 2. The van der Waals surface area contributed by atoms with E-state index in [4.69, 9.17) is 5.11 Å². The molecule has 1 aliphatic rings. The number of aromatic hydroxyl groups is 1. The lowest BCUT2D eigenvalue weighted by atomic mass is 9.94. The lowest BCUT2D eigenvalue weighted by molar-refractivity contribution is -0.120. The average Bonchev–Trinajstić information content (AvgIpc) is 2.43. The number of phenolic OH excluding ortho intramolecular Hbond substituents is 1. The number of ketones is 1. The SMILES string of the molecule is O=C1CCC(NC(=O)c2cc(F)c(F)c(O)c2F)CC1. The zero-order valence-electron chi connectivity index (χ0n) is 10.4. The van der Waals surface area contributed by atoms with Crippen LogP contribution in [0.5, 0.6) is 5.75 Å². The van der Waals surface area contributed by atoms with Gasteiger partial charge in [0, 0.05) is 18.9 Å². The van der Waals surface area contributed by atoms with E-state index in [0.717, 1.165) is 0 Å². The molecule has 0 unspecified atom stereocenters. The lowest BCUT2D eigenvalue weighted by Gasteiger charge is -2.22. The molecular formula is C13H12F3NO3. The first-order chi connectivity index (χ1) is 9.40. The van der Waals surface area contributed by atoms with E-state index in [0.29, 0.717) is 31.7 Å². The van der Waals surface area contributed by atoms with Crippen LogP contribution < -0.4 is 5.32 Å². The number of hydrogen-bond acceptors (Lipinski definition) is 3. The van der Waals surface area contributed by atoms with Gasteiger partial charge in [-0.2, -0.15) is 4.39 Å². The van der Waals surface area contributed by atoms with Crippen molar-refractivity contribution in [3.05, 3.63) is 29.1 Å². The molecule has 1 aromatic carbocycles. The Kier molecular flexibility index (Phi) is 3.96. The molecule has 1 saturated carbocycles. The molecule has 1 aromatic rings. The second-order valence-corrected chi connectivity index (χ2v) is 4.67. The van der Waals surface area contributed by atoms with Crippen molar-refractivity contribution in [2.75, 3.05) is 0 Å². The Balaban J connectivity index is 2.15. The summed E-state index contributed by atoms with van der Waals surface area (Å²) in [7, 11) is 0. The normalized spacial score (nSPS) is 16.2. The maximum absolute atomic E-state index is 13.5. The second-order valence-electron chi connectivity index (χ2n) is 4.67. The number of hydrogen-bond donors (Lipinski definition) is 2. The van der Waals surface area contributed by atoms with Gasteiger partial charge in [0.15, 0.2) is 17.4 Å². The van der Waals surface area contributed by atoms with Gasteiger partial charge < -0.3 is 10.4 Å². The topological polar surface area (TPSA) is 66.4 Å². The van der Waals surface area contributed by atoms with Gasteiger partial charge in [0.05, 0.1) is 5.56 Å². The van der Waals surface area contributed by atoms with E-state index in [2.05, 4.69) is 5.32 Å². The molecule has 1 fully saturated rings. The highest BCUT2D eigenvalue weighted by Crippen LogP contribution is 2.26. The summed E-state index contributed by atoms with van der Waals surface area (Å²) in [6, 6.07) is 0.0723. The Labute approximate surface area is 112 Å². The number of nitrogens with one attached hydrogen (secondary N) is 1. The molecule has 1 amide bonds. The molecule has 0 spiro atoms. The molecule has 4 nitrogen and oxygen atoms in total. The van der Waals surface area contributed by atoms with E-state index < -0.39 is 34.7 Å². The molecular weight excluding hydrogens is 275 g/mol. The Morgan fingerprint density at radius 1 is 1.20 bits per heavy atom. The fraction of sp³-hybridized carbons (Fsp3) is 0.385. The smallest absolute Gasteiger partial charge is 0.254 e. The Morgan fingerprint density at radius 3 is 2.40 bits per heavy atom. The van der Waals surface area contributed by atoms with Crippen LogP contribution in [0.25, 0.3) is 0 Å². The molecule has 108 valence electrons. The molecule has 0 saturated heterocycles. The largest absolute Gasteiger partial charge is 0.503 e. The maximum Gasteiger partial charge on any atom is 0.254 e. The predicted molar refractivity (Wildman–Crippen MR) is 62.7 cm³/mol. The van der Waals surface area contributed by atoms with Crippen LogP contribution >= 0.6 is 0 Å². The van der Waals surface area contributed by atoms with E-state index in [1.165, 1.54) is 0 Å². The minimum absolute atomic E-state index is 0.0900. The molecule has 0 heterocycles. The van der Waals surface area contributed by atoms with E-state index in [1.807, 2.05) is 0 Å². The van der Waals surface area contributed by atoms with Crippen LogP contribution in [0.4, 0.5) is 13.2 Å². The average molecular weight is 287 g/mol. The first-order valence-corrected chi connectivity index (χ1v) is 6.09. The van der Waals surface area contributed by atoms with Crippen molar-refractivity contribution in [1.29, 1.82) is 0 Å². The Morgan fingerprint density at radius 2 is 1.80 bits per heavy atom. The summed E-state index contributed by atoms with van der Waals surface area (Å²) in [6.45, 7) is 0. The third-order valence-electron chi connectivity index (χ3n) is 3.26. The molecule has 20 heavy (non-hydrogen) atoms. The van der Waals surface area contributed by atoms with Crippen LogP contribution in [-0.4, -0.2) is 22.8 Å². The minimum Gasteiger partial charge on any atom is -0.503 e. The molecule has 0 aromatic heterocycles. The highest BCUT2D eigenvalue weighted by Gasteiger charge is 2.25. The van der Waals surface area contributed by atoms with Crippen molar-refractivity contribution in [3.8, 4) is 5.75 Å². The molecule has 0 radical (unpaired) electrons. The number of amides is 1. The number of benzene rings is 1. The third kappa shape index (κ3) is 2.76. The first-order valence-electron chi connectivity index (χ1n) is 6.09. The molecule has 2 N–H and O–H groups in total. The zero-order chi connectivity index (χ0) is 14.9. The Bertz CT molecular complexity index is 564. The van der Waals surface area contributed by atoms with Crippen molar-refractivity contribution in [1.82, 2.24) is 5.32 Å². The number of phenols is 1. The quantitative estimate of drug-likeness (QED) is 0.818. The summed E-state index contributed by atoms with van der Waals surface area (Å²) in [5.41, 5.74) is -0.765. The van der Waals surface area contributed by atoms with Gasteiger partial charge in [-0.15, -0.1) is 0 Å². The van der Waals surface area contributed by atoms with Gasteiger partial charge in [0.25, 0.3) is 5.91 Å². The summed E-state index contributed by atoms with van der Waals surface area (Å²) in [4.78, 5) is 22.8. The van der Waals surface area contributed by atoms with Gasteiger partial charge in [-0.25, -0.2) is 8.78 Å². The predicted octanol–water partition coefficient (Wildman–Crippen LogP) is 2.05. The standard InChI is InChI=1S/C13H12F3NO3/c14-9-5-8(10(15)12(19)11(9)16)13(20)17-6-1-3-7(18)4-2-6/h5-6,19H,1-4H2,(H,17,20). The zero-order valence-corrected chi connectivity index (χ0v) is 10.4. The van der Waals surface area contributed by atoms with Crippen molar-refractivity contribution < 1.29 is 27.9 Å². The summed E-state index contributed by atoms with van der Waals surface area (Å²) < 4.78 is 39.5. The second kappa shape index (κ2) is 5.52. The lowest BCUT2D eigenvalue weighted by Crippen LogP contribution is -2.38. The van der Waals surface area contributed by atoms with Crippen molar-refractivity contribution >= 4 is 11.7 Å². The summed E-state index contributed by atoms with van der Waals surface area (Å²) in [5.74, 6) is -7.12. The molecule has 0 aliphatic heterocycles. The highest BCUT2D eigenvalue weighted by atomic mass is 19.2. The van der Waals surface area contributed by atoms with E-state index >= 15 is 0 Å². The summed E-state index contributed by atoms with van der Waals surface area (Å²) in [6.07, 6.45) is 1.47. The minimum atomic E-state index is -1.73. The van der Waals surface area contributed by atoms with Gasteiger partial charge in [-0.1, -0.05) is 0 Å². The first kappa shape index (κ1) is 14.4. The van der Waals surface area contributed by atoms with E-state index in [9.17, 15) is 22.8 Å². The summed E-state index contributed by atoms with van der Waals surface area (Å²) >= 11 is 0. The van der Waals surface area contributed by atoms with Crippen LogP contribution in [0, 0.1) is 17.5 Å². The van der Waals surface area contributed by atoms with Crippen LogP contribution in [-0.2, 0) is 4.79 Å². The van der Waals surface area contributed by atoms with Gasteiger partial charge >= 0.3 is 0 Å². The molecule has 1 aliphatic carbocycles. The van der Waals surface area contributed by atoms with Crippen LogP contribution in [0.15, 0.2) is 6.07 Å². The summed E-state index contributed by atoms with van der Waals surface area (Å²) in [5, 5.41) is 11.5. The van der Waals surface area contributed by atoms with Crippen molar-refractivity contribution in [2.24, 2.45) is 0 Å². The number of rotatable bonds is 2. The van der Waals surface area contributed by atoms with Gasteiger partial charge in [-0.05, 0) is 18.9 Å². The van der Waals surface area contributed by atoms with Crippen molar-refractivity contribution in [2.45, 2.75) is 31.7 Å². The molecule has 0 atom stereocenters. The van der Waals surface area contributed by atoms with Crippen LogP contribution in [0.2, 0.25) is 0 Å². The maximum atomic E-state index is 13.5.